The molecule has 0 aromatic heterocycles. The van der Waals surface area contributed by atoms with Gasteiger partial charge in [0.15, 0.2) is 5.78 Å². The number of hydrogen-bond acceptors (Lipinski definition) is 9. The van der Waals surface area contributed by atoms with Gasteiger partial charge in [0, 0.05) is 45.9 Å². The number of ether oxygens (including phenoxy) is 2. The Kier molecular flexibility index (Phi) is 11.0. The lowest BCUT2D eigenvalue weighted by molar-refractivity contribution is -0.181. The van der Waals surface area contributed by atoms with Crippen LogP contribution in [-0.2, 0) is 28.7 Å². The van der Waals surface area contributed by atoms with Gasteiger partial charge in [0.2, 0.25) is 5.78 Å². The number of amides is 2. The van der Waals surface area contributed by atoms with Crippen molar-refractivity contribution in [2.45, 2.75) is 71.8 Å². The second-order valence-electron chi connectivity index (χ2n) is 11.6. The zero-order valence-corrected chi connectivity index (χ0v) is 25.3. The maximum Gasteiger partial charge on any atom is 0.410 e. The van der Waals surface area contributed by atoms with Crippen molar-refractivity contribution in [2.24, 2.45) is 11.3 Å². The predicted molar refractivity (Wildman–Crippen MR) is 155 cm³/mol. The van der Waals surface area contributed by atoms with E-state index in [0.29, 0.717) is 25.1 Å². The molecule has 4 rings (SSSR count). The molecule has 0 radical (unpaired) electrons. The Hall–Kier alpha value is -3.57. The minimum Gasteiger partial charge on any atom is -0.461 e. The maximum absolute atomic E-state index is 13.7. The molecule has 230 valence electrons. The molecule has 2 N–H and O–H groups in total. The van der Waals surface area contributed by atoms with Crippen molar-refractivity contribution >= 4 is 29.5 Å². The van der Waals surface area contributed by atoms with Gasteiger partial charge in [-0.25, -0.2) is 4.79 Å². The molecule has 2 amide bonds. The highest BCUT2D eigenvalue weighted by Crippen LogP contribution is 2.38. The number of ketones is 2. The number of rotatable bonds is 3. The second kappa shape index (κ2) is 14.1. The summed E-state index contributed by atoms with van der Waals surface area (Å²) in [5.41, 5.74) is -0.443. The number of carbonyl (C=O) groups excluding carboxylic acids is 5. The van der Waals surface area contributed by atoms with Crippen LogP contribution < -0.4 is 5.32 Å². The van der Waals surface area contributed by atoms with E-state index in [2.05, 4.69) is 10.2 Å². The van der Waals surface area contributed by atoms with Crippen LogP contribution in [0.1, 0.15) is 47.5 Å². The molecule has 2 fully saturated rings. The van der Waals surface area contributed by atoms with Crippen LogP contribution in [0.15, 0.2) is 47.6 Å². The number of aliphatic hydroxyl groups is 1. The number of allylic oxidation sites excluding steroid dienone is 4. The number of Topliss-reactive ketones (excluding diaryl/α,β-unsaturated/α-hetero) is 2. The second-order valence-corrected chi connectivity index (χ2v) is 11.6. The summed E-state index contributed by atoms with van der Waals surface area (Å²) >= 11 is 0. The summed E-state index contributed by atoms with van der Waals surface area (Å²) in [6, 6.07) is -1.20. The monoisotopic (exact) mass is 585 g/mol. The van der Waals surface area contributed by atoms with Crippen molar-refractivity contribution in [1.82, 2.24) is 15.1 Å². The van der Waals surface area contributed by atoms with Gasteiger partial charge in [0.1, 0.15) is 17.6 Å². The lowest BCUT2D eigenvalue weighted by Gasteiger charge is -2.42. The van der Waals surface area contributed by atoms with E-state index in [1.165, 1.54) is 13.0 Å². The molecule has 4 aliphatic rings. The molecule has 3 aliphatic heterocycles. The first-order chi connectivity index (χ1) is 19.7. The topological polar surface area (TPSA) is 143 Å². The van der Waals surface area contributed by atoms with E-state index in [1.54, 1.807) is 43.1 Å². The number of aliphatic hydroxyl groups excluding tert-OH is 1. The molecule has 0 spiro atoms. The number of fused-ring (bicyclic) bond motifs is 10. The summed E-state index contributed by atoms with van der Waals surface area (Å²) in [6.07, 6.45) is 7.51. The lowest BCUT2D eigenvalue weighted by Crippen LogP contribution is -2.61. The Morgan fingerprint density at radius 3 is 2.36 bits per heavy atom. The van der Waals surface area contributed by atoms with Crippen LogP contribution in [0.3, 0.4) is 0 Å². The first kappa shape index (κ1) is 32.9. The quantitative estimate of drug-likeness (QED) is 0.289. The smallest absolute Gasteiger partial charge is 0.410 e. The Balaban J connectivity index is 2.01. The van der Waals surface area contributed by atoms with Crippen LogP contribution in [0, 0.1) is 11.3 Å². The third kappa shape index (κ3) is 8.04. The van der Waals surface area contributed by atoms with Crippen molar-refractivity contribution in [1.29, 1.82) is 0 Å². The Labute approximate surface area is 247 Å². The van der Waals surface area contributed by atoms with E-state index < -0.39 is 65.2 Å². The number of piperazine rings is 1. The summed E-state index contributed by atoms with van der Waals surface area (Å²) in [5, 5.41) is 13.2. The fraction of sp³-hybridized carbons (Fsp3) is 0.581. The highest BCUT2D eigenvalue weighted by Gasteiger charge is 2.56. The average Bonchev–Trinajstić information content (AvgIpc) is 2.94. The lowest BCUT2D eigenvalue weighted by atomic mass is 9.69. The van der Waals surface area contributed by atoms with E-state index in [4.69, 9.17) is 9.47 Å². The first-order valence-corrected chi connectivity index (χ1v) is 14.3. The van der Waals surface area contributed by atoms with Gasteiger partial charge in [-0.3, -0.25) is 19.2 Å². The Morgan fingerprint density at radius 1 is 1.07 bits per heavy atom. The van der Waals surface area contributed by atoms with Gasteiger partial charge in [-0.05, 0) is 33.9 Å². The molecule has 6 atom stereocenters. The normalized spacial score (nSPS) is 35.5. The van der Waals surface area contributed by atoms with Gasteiger partial charge in [-0.1, -0.05) is 48.5 Å². The number of esters is 1. The van der Waals surface area contributed by atoms with E-state index in [0.717, 1.165) is 25.6 Å². The van der Waals surface area contributed by atoms with E-state index in [1.807, 2.05) is 20.0 Å². The van der Waals surface area contributed by atoms with Crippen LogP contribution in [0.2, 0.25) is 0 Å². The van der Waals surface area contributed by atoms with Crippen molar-refractivity contribution in [2.75, 3.05) is 33.2 Å². The van der Waals surface area contributed by atoms with Gasteiger partial charge in [0.25, 0.3) is 5.91 Å². The molecule has 2 saturated heterocycles. The zero-order valence-electron chi connectivity index (χ0n) is 25.3. The highest BCUT2D eigenvalue weighted by atomic mass is 16.6. The molecule has 0 aromatic carbocycles. The van der Waals surface area contributed by atoms with Crippen LogP contribution in [0.4, 0.5) is 4.79 Å². The summed E-state index contributed by atoms with van der Waals surface area (Å²) in [7, 11) is 1.99. The minimum atomic E-state index is -1.82. The molecule has 2 bridgehead atoms. The number of hydrogen-bond donors (Lipinski definition) is 2. The molecular formula is C31H43N3O8. The molecule has 0 aromatic rings. The molecular weight excluding hydrogens is 542 g/mol. The largest absolute Gasteiger partial charge is 0.461 e. The molecule has 1 aliphatic carbocycles. The zero-order chi connectivity index (χ0) is 31.2. The van der Waals surface area contributed by atoms with Crippen molar-refractivity contribution < 1.29 is 38.6 Å². The third-order valence-electron chi connectivity index (χ3n) is 8.14. The summed E-state index contributed by atoms with van der Waals surface area (Å²) < 4.78 is 11.5. The standard InChI is InChI=1S/C31H43N3O8/c1-19-7-10-23(36)18-25-21(3)27(37)31(5,29(39)42-25)26(32-28(38)22(4)35)17-20(2)9-12-24(11-8-19)41-30(40)34-15-13-33(6)14-16-34/h7-10,12,17,21,23-26,36H,11,13-16,18H2,1-6H3,(H,32,38)/b10-7+,12-9+,19-8+,20-17+. The summed E-state index contributed by atoms with van der Waals surface area (Å²) in [6.45, 7) is 10.3. The van der Waals surface area contributed by atoms with Crippen molar-refractivity contribution in [3.8, 4) is 0 Å². The Morgan fingerprint density at radius 2 is 1.71 bits per heavy atom. The van der Waals surface area contributed by atoms with Crippen LogP contribution in [0.25, 0.3) is 0 Å². The predicted octanol–water partition coefficient (Wildman–Crippen LogP) is 2.11. The van der Waals surface area contributed by atoms with Gasteiger partial charge >= 0.3 is 12.1 Å². The van der Waals surface area contributed by atoms with Crippen LogP contribution in [-0.4, -0.2) is 102 Å². The SMILES string of the molecule is CC(=O)C(=O)NC1/C=C(C)/C=C/C(OC(=O)N2CCN(C)CC2)C/C=C(C)/C=C/C(O)CC2OC(=O)C1(C)C(=O)C2C. The maximum atomic E-state index is 13.7. The summed E-state index contributed by atoms with van der Waals surface area (Å²) in [5.74, 6) is -3.83. The van der Waals surface area contributed by atoms with E-state index in [-0.39, 0.29) is 6.42 Å². The summed E-state index contributed by atoms with van der Waals surface area (Å²) in [4.78, 5) is 68.1. The van der Waals surface area contributed by atoms with Crippen LogP contribution in [0.5, 0.6) is 0 Å². The molecule has 11 nitrogen and oxygen atoms in total. The van der Waals surface area contributed by atoms with Crippen molar-refractivity contribution in [3.05, 3.63) is 47.6 Å². The van der Waals surface area contributed by atoms with E-state index >= 15 is 0 Å². The number of likely N-dealkylation sites (N-methyl/N-ethyl adjacent to an activating group) is 1. The van der Waals surface area contributed by atoms with Crippen LogP contribution >= 0.6 is 0 Å². The van der Waals surface area contributed by atoms with Gasteiger partial charge in [-0.15, -0.1) is 0 Å². The van der Waals surface area contributed by atoms with Gasteiger partial charge in [-0.2, -0.15) is 0 Å². The van der Waals surface area contributed by atoms with E-state index in [9.17, 15) is 29.1 Å². The Bertz CT molecular complexity index is 1200. The fourth-order valence-electron chi connectivity index (χ4n) is 5.12. The molecule has 3 heterocycles. The minimum absolute atomic E-state index is 0.00463. The number of nitrogens with zero attached hydrogens (tertiary/aromatic N) is 2. The molecule has 42 heavy (non-hydrogen) atoms. The molecule has 6 unspecified atom stereocenters. The average molecular weight is 586 g/mol. The fourth-order valence-corrected chi connectivity index (χ4v) is 5.12. The van der Waals surface area contributed by atoms with Crippen molar-refractivity contribution in [3.63, 3.8) is 0 Å². The van der Waals surface area contributed by atoms with Gasteiger partial charge in [0.05, 0.1) is 18.1 Å². The highest BCUT2D eigenvalue weighted by molar-refractivity contribution is 6.35. The number of nitrogens with one attached hydrogen (secondary N) is 1. The first-order valence-electron chi connectivity index (χ1n) is 14.3. The molecule has 0 saturated carbocycles. The van der Waals surface area contributed by atoms with Gasteiger partial charge < -0.3 is 29.7 Å². The number of carbonyl (C=O) groups is 5. The third-order valence-corrected chi connectivity index (χ3v) is 8.14. The molecule has 11 heteroatoms.